The minimum atomic E-state index is -0.783. The maximum absolute atomic E-state index is 13.0. The maximum atomic E-state index is 13.0. The van der Waals surface area contributed by atoms with Gasteiger partial charge in [-0.1, -0.05) is 12.1 Å². The van der Waals surface area contributed by atoms with Crippen LogP contribution in [0.3, 0.4) is 0 Å². The molecule has 0 N–H and O–H groups in total. The first kappa shape index (κ1) is 16.7. The van der Waals surface area contributed by atoms with Crippen LogP contribution in [0.2, 0.25) is 0 Å². The van der Waals surface area contributed by atoms with Crippen molar-refractivity contribution in [3.63, 3.8) is 0 Å². The fraction of sp³-hybridized carbons (Fsp3) is 0.158. The summed E-state index contributed by atoms with van der Waals surface area (Å²) in [6.45, 7) is 1.56. The Kier molecular flexibility index (Phi) is 4.52. The lowest BCUT2D eigenvalue weighted by molar-refractivity contribution is -0.147. The molecule has 128 valence electrons. The van der Waals surface area contributed by atoms with Crippen LogP contribution in [0.5, 0.6) is 11.5 Å². The van der Waals surface area contributed by atoms with Gasteiger partial charge in [-0.2, -0.15) is 0 Å². The molecule has 0 radical (unpaired) electrons. The van der Waals surface area contributed by atoms with Crippen molar-refractivity contribution >= 4 is 17.8 Å². The van der Waals surface area contributed by atoms with E-state index in [-0.39, 0.29) is 17.4 Å². The van der Waals surface area contributed by atoms with Crippen LogP contribution < -0.4 is 9.47 Å². The second-order valence-corrected chi connectivity index (χ2v) is 5.43. The Hall–Kier alpha value is -3.15. The number of ketones is 1. The molecule has 1 unspecified atom stereocenters. The highest BCUT2D eigenvalue weighted by Gasteiger charge is 2.28. The molecule has 0 aliphatic carbocycles. The number of carbonyl (C=O) groups is 2. The predicted molar refractivity (Wildman–Crippen MR) is 87.9 cm³/mol. The van der Waals surface area contributed by atoms with Crippen LogP contribution in [0.4, 0.5) is 4.39 Å². The van der Waals surface area contributed by atoms with Crippen molar-refractivity contribution in [3.8, 4) is 11.5 Å². The van der Waals surface area contributed by atoms with Crippen LogP contribution in [0.15, 0.2) is 48.2 Å². The van der Waals surface area contributed by atoms with Crippen molar-refractivity contribution in [2.45, 2.75) is 13.0 Å². The Morgan fingerprint density at radius 1 is 1.20 bits per heavy atom. The summed E-state index contributed by atoms with van der Waals surface area (Å²) in [6, 6.07) is 10.4. The molecule has 1 heterocycles. The number of fused-ring (bicyclic) bond motifs is 1. The smallest absolute Gasteiger partial charge is 0.346 e. The van der Waals surface area contributed by atoms with E-state index in [9.17, 15) is 14.0 Å². The Labute approximate surface area is 143 Å². The van der Waals surface area contributed by atoms with E-state index in [1.807, 2.05) is 0 Å². The Bertz CT molecular complexity index is 855. The van der Waals surface area contributed by atoms with Gasteiger partial charge in [0.15, 0.2) is 11.9 Å². The number of ether oxygens (including phenoxy) is 3. The number of Topliss-reactive ketones (excluding diaryl/α,β-unsaturated/α-hetero) is 1. The molecule has 1 atom stereocenters. The average molecular weight is 342 g/mol. The third kappa shape index (κ3) is 3.52. The van der Waals surface area contributed by atoms with Gasteiger partial charge in [-0.3, -0.25) is 4.79 Å². The molecule has 5 nitrogen and oxygen atoms in total. The molecule has 0 aromatic heterocycles. The number of halogens is 1. The lowest BCUT2D eigenvalue weighted by Gasteiger charge is -2.12. The van der Waals surface area contributed by atoms with Gasteiger partial charge in [0.2, 0.25) is 5.78 Å². The summed E-state index contributed by atoms with van der Waals surface area (Å²) < 4.78 is 28.6. The highest BCUT2D eigenvalue weighted by Crippen LogP contribution is 2.35. The van der Waals surface area contributed by atoms with Gasteiger partial charge in [-0.15, -0.1) is 0 Å². The molecule has 2 aromatic carbocycles. The van der Waals surface area contributed by atoms with Crippen LogP contribution >= 0.6 is 0 Å². The minimum absolute atomic E-state index is 0.139. The lowest BCUT2D eigenvalue weighted by atomic mass is 10.1. The summed E-state index contributed by atoms with van der Waals surface area (Å²) in [7, 11) is 1.28. The fourth-order valence-electron chi connectivity index (χ4n) is 2.37. The van der Waals surface area contributed by atoms with Crippen LogP contribution in [-0.4, -0.2) is 25.0 Å². The molecule has 0 bridgehead atoms. The number of hydrogen-bond donors (Lipinski definition) is 0. The number of allylic oxidation sites excluding steroid dienone is 1. The number of hydrogen-bond acceptors (Lipinski definition) is 5. The van der Waals surface area contributed by atoms with Crippen LogP contribution in [0, 0.1) is 5.82 Å². The normalized spacial score (nSPS) is 15.5. The van der Waals surface area contributed by atoms with E-state index >= 15 is 0 Å². The van der Waals surface area contributed by atoms with E-state index in [0.29, 0.717) is 22.6 Å². The quantitative estimate of drug-likeness (QED) is 0.630. The number of carbonyl (C=O) groups excluding carboxylic acids is 2. The SMILES string of the molecule is COC(=O)C(C)Oc1ccc2c(c1)OC(=Cc1ccc(F)cc1)C2=O. The van der Waals surface area contributed by atoms with E-state index in [1.54, 1.807) is 37.3 Å². The molecule has 0 saturated heterocycles. The van der Waals surface area contributed by atoms with Gasteiger partial charge in [-0.05, 0) is 42.8 Å². The van der Waals surface area contributed by atoms with Gasteiger partial charge in [-0.25, -0.2) is 9.18 Å². The third-order valence-electron chi connectivity index (χ3n) is 3.66. The molecule has 0 spiro atoms. The van der Waals surface area contributed by atoms with Crippen LogP contribution in [0.1, 0.15) is 22.8 Å². The van der Waals surface area contributed by atoms with Gasteiger partial charge in [0.1, 0.15) is 17.3 Å². The van der Waals surface area contributed by atoms with Crippen LogP contribution in [0.25, 0.3) is 6.08 Å². The predicted octanol–water partition coefficient (Wildman–Crippen LogP) is 3.38. The summed E-state index contributed by atoms with van der Waals surface area (Å²) >= 11 is 0. The summed E-state index contributed by atoms with van der Waals surface area (Å²) in [6.07, 6.45) is 0.758. The zero-order chi connectivity index (χ0) is 18.0. The van der Waals surface area contributed by atoms with Crippen molar-refractivity contribution in [2.75, 3.05) is 7.11 Å². The highest BCUT2D eigenvalue weighted by atomic mass is 19.1. The van der Waals surface area contributed by atoms with Crippen molar-refractivity contribution in [2.24, 2.45) is 0 Å². The first-order valence-corrected chi connectivity index (χ1v) is 7.56. The number of benzene rings is 2. The number of rotatable bonds is 4. The Balaban J connectivity index is 1.81. The average Bonchev–Trinajstić information content (AvgIpc) is 2.91. The second-order valence-electron chi connectivity index (χ2n) is 5.43. The second kappa shape index (κ2) is 6.76. The van der Waals surface area contributed by atoms with Gasteiger partial charge in [0, 0.05) is 6.07 Å². The number of esters is 1. The number of methoxy groups -OCH3 is 1. The molecule has 25 heavy (non-hydrogen) atoms. The van der Waals surface area contributed by atoms with E-state index in [1.165, 1.54) is 25.3 Å². The highest BCUT2D eigenvalue weighted by molar-refractivity contribution is 6.14. The lowest BCUT2D eigenvalue weighted by Crippen LogP contribution is -2.24. The summed E-state index contributed by atoms with van der Waals surface area (Å²) in [5.41, 5.74) is 1.04. The van der Waals surface area contributed by atoms with Crippen molar-refractivity contribution in [1.82, 2.24) is 0 Å². The monoisotopic (exact) mass is 342 g/mol. The van der Waals surface area contributed by atoms with E-state index in [2.05, 4.69) is 4.74 Å². The molecule has 6 heteroatoms. The molecule has 1 aliphatic rings. The Morgan fingerprint density at radius 3 is 2.60 bits per heavy atom. The zero-order valence-corrected chi connectivity index (χ0v) is 13.6. The first-order valence-electron chi connectivity index (χ1n) is 7.56. The minimum Gasteiger partial charge on any atom is -0.479 e. The molecule has 0 fully saturated rings. The largest absolute Gasteiger partial charge is 0.479 e. The molecule has 3 rings (SSSR count). The Morgan fingerprint density at radius 2 is 1.92 bits per heavy atom. The van der Waals surface area contributed by atoms with Gasteiger partial charge in [0.05, 0.1) is 12.7 Å². The van der Waals surface area contributed by atoms with E-state index < -0.39 is 12.1 Å². The molecular formula is C19H15FO5. The van der Waals surface area contributed by atoms with E-state index in [4.69, 9.17) is 9.47 Å². The zero-order valence-electron chi connectivity index (χ0n) is 13.6. The standard InChI is InChI=1S/C19H15FO5/c1-11(19(22)23-2)24-14-7-8-15-16(10-14)25-17(18(15)21)9-12-3-5-13(20)6-4-12/h3-11H,1-2H3. The maximum Gasteiger partial charge on any atom is 0.346 e. The van der Waals surface area contributed by atoms with E-state index in [0.717, 1.165) is 0 Å². The third-order valence-corrected chi connectivity index (χ3v) is 3.66. The summed E-state index contributed by atoms with van der Waals surface area (Å²) in [4.78, 5) is 23.8. The molecule has 0 amide bonds. The van der Waals surface area contributed by atoms with Gasteiger partial charge in [0.25, 0.3) is 0 Å². The van der Waals surface area contributed by atoms with Crippen molar-refractivity contribution < 1.29 is 28.2 Å². The molecule has 2 aromatic rings. The summed E-state index contributed by atoms with van der Waals surface area (Å²) in [5.74, 6) is -0.271. The molecular weight excluding hydrogens is 327 g/mol. The van der Waals surface area contributed by atoms with Crippen molar-refractivity contribution in [1.29, 1.82) is 0 Å². The van der Waals surface area contributed by atoms with Crippen LogP contribution in [-0.2, 0) is 9.53 Å². The topological polar surface area (TPSA) is 61.8 Å². The summed E-state index contributed by atoms with van der Waals surface area (Å²) in [5, 5.41) is 0. The molecule has 1 aliphatic heterocycles. The van der Waals surface area contributed by atoms with Crippen molar-refractivity contribution in [3.05, 3.63) is 65.2 Å². The molecule has 0 saturated carbocycles. The first-order chi connectivity index (χ1) is 12.0. The van der Waals surface area contributed by atoms with Gasteiger partial charge >= 0.3 is 5.97 Å². The fourth-order valence-corrected chi connectivity index (χ4v) is 2.37. The van der Waals surface area contributed by atoms with Gasteiger partial charge < -0.3 is 14.2 Å².